The molecule has 51 heavy (non-hydrogen) atoms. The molecule has 2 aliphatic heterocycles. The number of rotatable bonds is 5. The molecule has 1 unspecified atom stereocenters. The van der Waals surface area contributed by atoms with Crippen molar-refractivity contribution in [3.63, 3.8) is 0 Å². The van der Waals surface area contributed by atoms with Crippen LogP contribution in [0.3, 0.4) is 0 Å². The van der Waals surface area contributed by atoms with E-state index in [1.165, 1.54) is 0 Å². The number of benzene rings is 4. The predicted molar refractivity (Wildman–Crippen MR) is 200 cm³/mol. The van der Waals surface area contributed by atoms with Crippen molar-refractivity contribution in [2.45, 2.75) is 6.29 Å². The van der Waals surface area contributed by atoms with Crippen molar-refractivity contribution < 1.29 is 29.0 Å². The molecule has 0 aliphatic carbocycles. The van der Waals surface area contributed by atoms with E-state index in [1.807, 2.05) is 97.1 Å². The average molecular weight is 712 g/mol. The fourth-order valence-corrected chi connectivity index (χ4v) is 6.80. The number of methoxy groups -OCH3 is 1. The van der Waals surface area contributed by atoms with E-state index in [2.05, 4.69) is 60.7 Å². The van der Waals surface area contributed by atoms with Crippen LogP contribution in [-0.4, -0.2) is 17.1 Å². The normalized spacial score (nSPS) is 13.4. The molecule has 6 nitrogen and oxygen atoms in total. The number of hydrogen-bond acceptors (Lipinski definition) is 4. The maximum atomic E-state index is 6.60. The second-order valence-corrected chi connectivity index (χ2v) is 12.1. The Balaban J connectivity index is 0.00000374. The van der Waals surface area contributed by atoms with Crippen LogP contribution in [0.2, 0.25) is 0 Å². The molecule has 240 valence electrons. The minimum atomic E-state index is -0.771. The van der Waals surface area contributed by atoms with Crippen LogP contribution in [0.4, 0.5) is 0 Å². The maximum Gasteiger partial charge on any atom is 2.00 e. The van der Waals surface area contributed by atoms with Gasteiger partial charge in [0.25, 0.3) is 0 Å². The first-order valence-corrected chi connectivity index (χ1v) is 16.5. The van der Waals surface area contributed by atoms with Crippen molar-refractivity contribution in [1.82, 2.24) is 19.9 Å². The predicted octanol–water partition coefficient (Wildman–Crippen LogP) is 10.1. The number of nitrogens with zero attached hydrogens (tertiary/aromatic N) is 4. The third-order valence-corrected chi connectivity index (χ3v) is 9.05. The van der Waals surface area contributed by atoms with E-state index < -0.39 is 6.29 Å². The van der Waals surface area contributed by atoms with E-state index in [0.717, 1.165) is 78.0 Å². The second kappa shape index (κ2) is 13.8. The molecule has 2 aliphatic rings. The van der Waals surface area contributed by atoms with Crippen LogP contribution in [0, 0.1) is 0 Å². The number of ether oxygens (including phenoxy) is 2. The first-order valence-electron chi connectivity index (χ1n) is 16.5. The molecule has 5 heterocycles. The monoisotopic (exact) mass is 710 g/mol. The SMILES string of the molecule is COC1Oc2nc1c(-c1ccccc1)c1ccc([n-]1)c(-c1ccccc1)c1nc(c(-c3ccccc3)c3ccc([n-]3)c2-c2ccccc2)C=C1.[Zn+2]. The zero-order chi connectivity index (χ0) is 33.4. The van der Waals surface area contributed by atoms with Gasteiger partial charge in [-0.25, -0.2) is 9.97 Å². The molecule has 7 heteroatoms. The van der Waals surface area contributed by atoms with E-state index in [1.54, 1.807) is 7.11 Å². The van der Waals surface area contributed by atoms with E-state index in [0.29, 0.717) is 11.6 Å². The van der Waals surface area contributed by atoms with Crippen LogP contribution < -0.4 is 14.7 Å². The Morgan fingerprint density at radius 2 is 0.843 bits per heavy atom. The molecular weight excluding hydrogens is 682 g/mol. The third kappa shape index (κ3) is 5.91. The summed E-state index contributed by atoms with van der Waals surface area (Å²) < 4.78 is 12.6. The van der Waals surface area contributed by atoms with Crippen LogP contribution in [0.1, 0.15) is 23.4 Å². The Morgan fingerprint density at radius 1 is 0.471 bits per heavy atom. The fourth-order valence-electron chi connectivity index (χ4n) is 6.80. The Kier molecular flexibility index (Phi) is 8.75. The molecule has 0 radical (unpaired) electrons. The van der Waals surface area contributed by atoms with Gasteiger partial charge < -0.3 is 19.4 Å². The molecule has 0 N–H and O–H groups in total. The van der Waals surface area contributed by atoms with Gasteiger partial charge in [0, 0.05) is 12.7 Å². The maximum absolute atomic E-state index is 6.60. The van der Waals surface area contributed by atoms with Gasteiger partial charge in [-0.2, -0.15) is 0 Å². The first-order chi connectivity index (χ1) is 24.7. The molecule has 9 rings (SSSR count). The van der Waals surface area contributed by atoms with E-state index >= 15 is 0 Å². The van der Waals surface area contributed by atoms with Gasteiger partial charge in [0.05, 0.1) is 11.4 Å². The summed E-state index contributed by atoms with van der Waals surface area (Å²) in [6.07, 6.45) is 3.39. The molecule has 3 aromatic heterocycles. The van der Waals surface area contributed by atoms with Crippen LogP contribution in [0.5, 0.6) is 5.88 Å². The van der Waals surface area contributed by atoms with Crippen molar-refractivity contribution in [2.75, 3.05) is 7.11 Å². The van der Waals surface area contributed by atoms with Gasteiger partial charge in [-0.15, -0.1) is 22.1 Å². The summed E-state index contributed by atoms with van der Waals surface area (Å²) in [6, 6.07) is 49.1. The van der Waals surface area contributed by atoms with Crippen molar-refractivity contribution in [3.05, 3.63) is 163 Å². The molecule has 0 saturated heterocycles. The molecule has 1 atom stereocenters. The van der Waals surface area contributed by atoms with E-state index in [9.17, 15) is 0 Å². The molecular formula is C44H30N4O2Zn. The zero-order valence-corrected chi connectivity index (χ0v) is 30.9. The van der Waals surface area contributed by atoms with E-state index in [-0.39, 0.29) is 19.5 Å². The third-order valence-electron chi connectivity index (χ3n) is 9.05. The largest absolute Gasteiger partial charge is 2.00 e. The number of hydrogen-bond donors (Lipinski definition) is 0. The minimum absolute atomic E-state index is 0. The molecule has 4 aromatic carbocycles. The summed E-state index contributed by atoms with van der Waals surface area (Å²) in [4.78, 5) is 21.1. The first kappa shape index (κ1) is 32.3. The Hall–Kier alpha value is -5.88. The summed E-state index contributed by atoms with van der Waals surface area (Å²) in [7, 11) is 1.64. The quantitative estimate of drug-likeness (QED) is 0.166. The van der Waals surface area contributed by atoms with Gasteiger partial charge in [-0.3, -0.25) is 0 Å². The van der Waals surface area contributed by atoms with Gasteiger partial charge in [0.2, 0.25) is 12.2 Å². The van der Waals surface area contributed by atoms with Crippen LogP contribution in [0.25, 0.3) is 78.7 Å². The minimum Gasteiger partial charge on any atom is -0.657 e. The number of fused-ring (bicyclic) bond motifs is 8. The molecule has 0 spiro atoms. The second-order valence-electron chi connectivity index (χ2n) is 12.1. The van der Waals surface area contributed by atoms with Crippen LogP contribution in [0.15, 0.2) is 146 Å². The Morgan fingerprint density at radius 3 is 1.27 bits per heavy atom. The van der Waals surface area contributed by atoms with E-state index in [4.69, 9.17) is 29.4 Å². The van der Waals surface area contributed by atoms with Crippen molar-refractivity contribution in [1.29, 1.82) is 0 Å². The van der Waals surface area contributed by atoms with Gasteiger partial charge in [0.15, 0.2) is 0 Å². The van der Waals surface area contributed by atoms with Gasteiger partial charge >= 0.3 is 19.5 Å². The summed E-state index contributed by atoms with van der Waals surface area (Å²) in [5.74, 6) is 0.432. The summed E-state index contributed by atoms with van der Waals surface area (Å²) in [5, 5.41) is 0. The van der Waals surface area contributed by atoms with Gasteiger partial charge in [0.1, 0.15) is 5.69 Å². The molecule has 0 amide bonds. The standard InChI is InChI=1S/C44H30N4O2.Zn/c1-49-44-42-40(30-18-10-4-11-19-30)36-26-24-34(46-36)38(28-14-6-2-7-15-28)32-22-23-33(45-32)39(29-16-8-3-9-17-29)35-25-27-37(47-35)41(43(48-42)50-44)31-20-12-5-13-21-31;/h2-27,44H,1H3;/q-2;+2. The summed E-state index contributed by atoms with van der Waals surface area (Å²) >= 11 is 0. The van der Waals surface area contributed by atoms with Crippen molar-refractivity contribution in [3.8, 4) is 50.4 Å². The Labute approximate surface area is 308 Å². The molecule has 0 saturated carbocycles. The molecule has 0 fully saturated rings. The summed E-state index contributed by atoms with van der Waals surface area (Å²) in [5.41, 5.74) is 12.8. The van der Waals surface area contributed by atoms with Crippen LogP contribution >= 0.6 is 0 Å². The smallest absolute Gasteiger partial charge is 0.657 e. The zero-order valence-electron chi connectivity index (χ0n) is 27.9. The molecule has 8 bridgehead atoms. The van der Waals surface area contributed by atoms with Crippen molar-refractivity contribution in [2.24, 2.45) is 0 Å². The fraction of sp³-hybridized carbons (Fsp3) is 0.0455. The average Bonchev–Trinajstić information content (AvgIpc) is 4.00. The van der Waals surface area contributed by atoms with Gasteiger partial charge in [-0.05, 0) is 51.1 Å². The van der Waals surface area contributed by atoms with Crippen LogP contribution in [-0.2, 0) is 24.2 Å². The molecule has 7 aromatic rings. The van der Waals surface area contributed by atoms with Crippen molar-refractivity contribution >= 4 is 34.2 Å². The summed E-state index contributed by atoms with van der Waals surface area (Å²) in [6.45, 7) is 0. The Bertz CT molecular complexity index is 2550. The topological polar surface area (TPSA) is 72.4 Å². The van der Waals surface area contributed by atoms with Gasteiger partial charge in [-0.1, -0.05) is 146 Å². The number of aromatic nitrogens is 4.